The topological polar surface area (TPSA) is 54.2 Å². The van der Waals surface area contributed by atoms with Crippen molar-refractivity contribution in [3.63, 3.8) is 0 Å². The normalized spacial score (nSPS) is 11.0. The fourth-order valence-corrected chi connectivity index (χ4v) is 3.02. The zero-order chi connectivity index (χ0) is 19.9. The number of nitrogens with zero attached hydrogens (tertiary/aromatic N) is 3. The molecule has 5 nitrogen and oxygen atoms in total. The summed E-state index contributed by atoms with van der Waals surface area (Å²) in [5.41, 5.74) is 9.55. The smallest absolute Gasteiger partial charge is 0.187 e. The minimum atomic E-state index is 0.488. The second-order valence-corrected chi connectivity index (χ2v) is 7.17. The molecule has 1 heterocycles. The highest BCUT2D eigenvalue weighted by molar-refractivity contribution is 7.80. The lowest BCUT2D eigenvalue weighted by Crippen LogP contribution is -2.31. The van der Waals surface area contributed by atoms with E-state index in [1.54, 1.807) is 6.21 Å². The van der Waals surface area contributed by atoms with Crippen molar-refractivity contribution in [2.24, 2.45) is 5.10 Å². The maximum atomic E-state index is 5.28. The minimum absolute atomic E-state index is 0.488. The third-order valence-electron chi connectivity index (χ3n) is 4.55. The summed E-state index contributed by atoms with van der Waals surface area (Å²) in [6, 6.07) is 18.6. The molecule has 0 amide bonds. The number of hydrazone groups is 1. The Morgan fingerprint density at radius 3 is 2.46 bits per heavy atom. The Balaban J connectivity index is 1.58. The molecule has 2 N–H and O–H groups in total. The summed E-state index contributed by atoms with van der Waals surface area (Å²) in [5.74, 6) is 0. The van der Waals surface area contributed by atoms with Crippen LogP contribution in [0.4, 0.5) is 0 Å². The van der Waals surface area contributed by atoms with Gasteiger partial charge in [-0.25, -0.2) is 0 Å². The van der Waals surface area contributed by atoms with Gasteiger partial charge >= 0.3 is 0 Å². The number of benzene rings is 2. The fraction of sp³-hybridized carbons (Fsp3) is 0.227. The molecule has 0 saturated heterocycles. The molecule has 0 aliphatic rings. The summed E-state index contributed by atoms with van der Waals surface area (Å²) in [5, 5.41) is 12.6. The van der Waals surface area contributed by atoms with Crippen LogP contribution in [-0.4, -0.2) is 21.1 Å². The van der Waals surface area contributed by atoms with E-state index >= 15 is 0 Å². The van der Waals surface area contributed by atoms with Crippen LogP contribution in [0.25, 0.3) is 0 Å². The SMILES string of the molecule is Cc1ccc(Cn2nc(C)c(/C=N/NC(=S)NCc3ccccc3)c2C)cc1. The van der Waals surface area contributed by atoms with Crippen LogP contribution in [0.5, 0.6) is 0 Å². The predicted molar refractivity (Wildman–Crippen MR) is 119 cm³/mol. The monoisotopic (exact) mass is 391 g/mol. The van der Waals surface area contributed by atoms with Crippen LogP contribution in [0.3, 0.4) is 0 Å². The summed E-state index contributed by atoms with van der Waals surface area (Å²) in [7, 11) is 0. The number of hydrogen-bond acceptors (Lipinski definition) is 3. The molecule has 3 rings (SSSR count). The number of rotatable bonds is 6. The second-order valence-electron chi connectivity index (χ2n) is 6.77. The molecule has 0 aliphatic heterocycles. The fourth-order valence-electron chi connectivity index (χ4n) is 2.89. The number of aryl methyl sites for hydroxylation is 2. The van der Waals surface area contributed by atoms with Crippen molar-refractivity contribution in [1.29, 1.82) is 0 Å². The van der Waals surface area contributed by atoms with Gasteiger partial charge in [0, 0.05) is 17.8 Å². The first kappa shape index (κ1) is 19.8. The molecule has 1 aromatic heterocycles. The second kappa shape index (κ2) is 9.28. The molecule has 6 heteroatoms. The lowest BCUT2D eigenvalue weighted by molar-refractivity contribution is 0.659. The van der Waals surface area contributed by atoms with Gasteiger partial charge in [0.15, 0.2) is 5.11 Å². The van der Waals surface area contributed by atoms with Crippen molar-refractivity contribution in [2.75, 3.05) is 0 Å². The lowest BCUT2D eigenvalue weighted by atomic mass is 10.1. The predicted octanol–water partition coefficient (Wildman–Crippen LogP) is 3.85. The van der Waals surface area contributed by atoms with E-state index in [9.17, 15) is 0 Å². The molecule has 0 bridgehead atoms. The molecule has 3 aromatic rings. The molecule has 0 atom stereocenters. The van der Waals surface area contributed by atoms with Crippen LogP contribution in [0.2, 0.25) is 0 Å². The minimum Gasteiger partial charge on any atom is -0.357 e. The first-order chi connectivity index (χ1) is 13.5. The van der Waals surface area contributed by atoms with Crippen molar-refractivity contribution in [2.45, 2.75) is 33.9 Å². The first-order valence-corrected chi connectivity index (χ1v) is 9.64. The van der Waals surface area contributed by atoms with Gasteiger partial charge in [0.05, 0.1) is 18.5 Å². The van der Waals surface area contributed by atoms with E-state index in [0.717, 1.165) is 23.5 Å². The van der Waals surface area contributed by atoms with E-state index < -0.39 is 0 Å². The molecular formula is C22H25N5S. The van der Waals surface area contributed by atoms with Gasteiger partial charge in [-0.15, -0.1) is 0 Å². The summed E-state index contributed by atoms with van der Waals surface area (Å²) in [4.78, 5) is 0. The Bertz CT molecular complexity index is 959. The molecule has 0 aliphatic carbocycles. The maximum absolute atomic E-state index is 5.28. The van der Waals surface area contributed by atoms with Crippen LogP contribution in [0.1, 0.15) is 33.6 Å². The molecule has 0 fully saturated rings. The van der Waals surface area contributed by atoms with Gasteiger partial charge in [0.1, 0.15) is 0 Å². The van der Waals surface area contributed by atoms with E-state index in [1.807, 2.05) is 41.9 Å². The zero-order valence-corrected chi connectivity index (χ0v) is 17.3. The van der Waals surface area contributed by atoms with Crippen molar-refractivity contribution in [3.8, 4) is 0 Å². The summed E-state index contributed by atoms with van der Waals surface area (Å²) in [6.07, 6.45) is 1.78. The number of hydrogen-bond donors (Lipinski definition) is 2. The lowest BCUT2D eigenvalue weighted by Gasteiger charge is -2.07. The van der Waals surface area contributed by atoms with Gasteiger partial charge in [-0.3, -0.25) is 10.1 Å². The van der Waals surface area contributed by atoms with Gasteiger partial charge in [-0.1, -0.05) is 60.2 Å². The highest BCUT2D eigenvalue weighted by Crippen LogP contribution is 2.13. The van der Waals surface area contributed by atoms with Crippen LogP contribution in [0.15, 0.2) is 59.7 Å². The molecule has 2 aromatic carbocycles. The van der Waals surface area contributed by atoms with Gasteiger partial charge < -0.3 is 5.32 Å². The van der Waals surface area contributed by atoms with Crippen molar-refractivity contribution >= 4 is 23.5 Å². The number of nitrogens with one attached hydrogen (secondary N) is 2. The van der Waals surface area contributed by atoms with Gasteiger partial charge in [-0.05, 0) is 44.1 Å². The first-order valence-electron chi connectivity index (χ1n) is 9.23. The highest BCUT2D eigenvalue weighted by atomic mass is 32.1. The standard InChI is InChI=1S/C22H25N5S/c1-16-9-11-20(12-10-16)15-27-18(3)21(17(2)26-27)14-24-25-22(28)23-13-19-7-5-4-6-8-19/h4-12,14H,13,15H2,1-3H3,(H2,23,25,28)/b24-14+. The van der Waals surface area contributed by atoms with Crippen molar-refractivity contribution in [3.05, 3.63) is 88.2 Å². The average Bonchev–Trinajstić information content (AvgIpc) is 2.96. The molecule has 0 saturated carbocycles. The molecular weight excluding hydrogens is 366 g/mol. The Hall–Kier alpha value is -2.99. The number of aromatic nitrogens is 2. The van der Waals surface area contributed by atoms with Crippen LogP contribution >= 0.6 is 12.2 Å². The molecule has 0 radical (unpaired) electrons. The van der Waals surface area contributed by atoms with Gasteiger partial charge in [0.2, 0.25) is 0 Å². The van der Waals surface area contributed by atoms with Gasteiger partial charge in [0.25, 0.3) is 0 Å². The van der Waals surface area contributed by atoms with Crippen LogP contribution < -0.4 is 10.7 Å². The largest absolute Gasteiger partial charge is 0.357 e. The van der Waals surface area contributed by atoms with Crippen LogP contribution in [0, 0.1) is 20.8 Å². The maximum Gasteiger partial charge on any atom is 0.187 e. The van der Waals surface area contributed by atoms with Crippen molar-refractivity contribution in [1.82, 2.24) is 20.5 Å². The Morgan fingerprint density at radius 1 is 1.04 bits per heavy atom. The van der Waals surface area contributed by atoms with Crippen molar-refractivity contribution < 1.29 is 0 Å². The molecule has 28 heavy (non-hydrogen) atoms. The Morgan fingerprint density at radius 2 is 1.75 bits per heavy atom. The highest BCUT2D eigenvalue weighted by Gasteiger charge is 2.10. The molecule has 144 valence electrons. The van der Waals surface area contributed by atoms with E-state index in [1.165, 1.54) is 16.7 Å². The molecule has 0 unspecified atom stereocenters. The Kier molecular flexibility index (Phi) is 6.55. The van der Waals surface area contributed by atoms with E-state index in [2.05, 4.69) is 59.1 Å². The van der Waals surface area contributed by atoms with E-state index in [4.69, 9.17) is 12.2 Å². The van der Waals surface area contributed by atoms with E-state index in [-0.39, 0.29) is 0 Å². The summed E-state index contributed by atoms with van der Waals surface area (Å²) < 4.78 is 2.01. The number of thiocarbonyl (C=S) groups is 1. The summed E-state index contributed by atoms with van der Waals surface area (Å²) >= 11 is 5.28. The summed E-state index contributed by atoms with van der Waals surface area (Å²) in [6.45, 7) is 7.54. The Labute approximate surface area is 171 Å². The molecule has 0 spiro atoms. The zero-order valence-electron chi connectivity index (χ0n) is 16.4. The quantitative estimate of drug-likeness (QED) is 0.381. The van der Waals surface area contributed by atoms with Gasteiger partial charge in [-0.2, -0.15) is 10.2 Å². The average molecular weight is 392 g/mol. The van der Waals surface area contributed by atoms with Crippen LogP contribution in [-0.2, 0) is 13.1 Å². The van der Waals surface area contributed by atoms with E-state index in [0.29, 0.717) is 11.7 Å². The third kappa shape index (κ3) is 5.27. The third-order valence-corrected chi connectivity index (χ3v) is 4.78.